The van der Waals surface area contributed by atoms with Crippen LogP contribution in [0.25, 0.3) is 0 Å². The van der Waals surface area contributed by atoms with Crippen LogP contribution in [0.4, 0.5) is 13.2 Å². The van der Waals surface area contributed by atoms with Crippen LogP contribution in [0.3, 0.4) is 0 Å². The molecule has 1 aromatic rings. The second kappa shape index (κ2) is 4.78. The topological polar surface area (TPSA) is 57.5 Å². The SMILES string of the molecule is O=C(O)CC#Cc1ccc(C(F)(F)F)cc1O. The van der Waals surface area contributed by atoms with Gasteiger partial charge >= 0.3 is 12.1 Å². The van der Waals surface area contributed by atoms with Gasteiger partial charge in [0.2, 0.25) is 0 Å². The van der Waals surface area contributed by atoms with Gasteiger partial charge in [-0.15, -0.1) is 0 Å². The summed E-state index contributed by atoms with van der Waals surface area (Å²) in [5.41, 5.74) is -1.03. The van der Waals surface area contributed by atoms with Gasteiger partial charge in [0.05, 0.1) is 11.1 Å². The molecule has 1 rings (SSSR count). The number of halogens is 3. The first-order chi connectivity index (χ1) is 7.80. The number of aromatic hydroxyl groups is 1. The number of hydrogen-bond donors (Lipinski definition) is 2. The lowest BCUT2D eigenvalue weighted by molar-refractivity contribution is -0.138. The molecule has 0 bridgehead atoms. The maximum Gasteiger partial charge on any atom is 0.416 e. The Bertz CT molecular complexity index is 495. The lowest BCUT2D eigenvalue weighted by atomic mass is 10.1. The van der Waals surface area contributed by atoms with Crippen molar-refractivity contribution in [1.29, 1.82) is 0 Å². The predicted octanol–water partition coefficient (Wildman–Crippen LogP) is 2.24. The minimum atomic E-state index is -4.54. The van der Waals surface area contributed by atoms with E-state index in [4.69, 9.17) is 5.11 Å². The van der Waals surface area contributed by atoms with Gasteiger partial charge in [-0.25, -0.2) is 0 Å². The molecule has 90 valence electrons. The molecule has 0 saturated heterocycles. The molecular weight excluding hydrogens is 237 g/mol. The zero-order chi connectivity index (χ0) is 13.1. The van der Waals surface area contributed by atoms with Crippen molar-refractivity contribution in [2.75, 3.05) is 0 Å². The highest BCUT2D eigenvalue weighted by atomic mass is 19.4. The van der Waals surface area contributed by atoms with Crippen LogP contribution in [0.5, 0.6) is 5.75 Å². The summed E-state index contributed by atoms with van der Waals surface area (Å²) in [6.45, 7) is 0. The van der Waals surface area contributed by atoms with Crippen LogP contribution in [-0.4, -0.2) is 16.2 Å². The summed E-state index contributed by atoms with van der Waals surface area (Å²) in [4.78, 5) is 10.1. The van der Waals surface area contributed by atoms with Crippen molar-refractivity contribution in [3.05, 3.63) is 29.3 Å². The molecule has 0 aromatic heterocycles. The zero-order valence-corrected chi connectivity index (χ0v) is 8.38. The minimum Gasteiger partial charge on any atom is -0.507 e. The van der Waals surface area contributed by atoms with Crippen LogP contribution in [-0.2, 0) is 11.0 Å². The Morgan fingerprint density at radius 3 is 2.47 bits per heavy atom. The average Bonchev–Trinajstić information content (AvgIpc) is 2.18. The van der Waals surface area contributed by atoms with E-state index in [1.54, 1.807) is 0 Å². The average molecular weight is 244 g/mol. The number of alkyl halides is 3. The molecule has 0 radical (unpaired) electrons. The van der Waals surface area contributed by atoms with Crippen LogP contribution in [0.1, 0.15) is 17.5 Å². The van der Waals surface area contributed by atoms with E-state index in [2.05, 4.69) is 11.8 Å². The summed E-state index contributed by atoms with van der Waals surface area (Å²) in [5.74, 6) is 2.71. The quantitative estimate of drug-likeness (QED) is 0.745. The number of phenols is 1. The first-order valence-electron chi connectivity index (χ1n) is 4.41. The molecule has 0 atom stereocenters. The lowest BCUT2D eigenvalue weighted by Crippen LogP contribution is -2.04. The highest BCUT2D eigenvalue weighted by Crippen LogP contribution is 2.32. The van der Waals surface area contributed by atoms with Crippen molar-refractivity contribution in [3.8, 4) is 17.6 Å². The molecule has 2 N–H and O–H groups in total. The molecule has 0 aliphatic rings. The molecule has 17 heavy (non-hydrogen) atoms. The summed E-state index contributed by atoms with van der Waals surface area (Å²) in [6, 6.07) is 2.31. The summed E-state index contributed by atoms with van der Waals surface area (Å²) >= 11 is 0. The fourth-order valence-corrected chi connectivity index (χ4v) is 1.03. The number of carboxylic acid groups (broad SMARTS) is 1. The minimum absolute atomic E-state index is 0.0424. The Morgan fingerprint density at radius 1 is 1.35 bits per heavy atom. The van der Waals surface area contributed by atoms with Gasteiger partial charge in [-0.2, -0.15) is 13.2 Å². The summed E-state index contributed by atoms with van der Waals surface area (Å²) in [5, 5.41) is 17.6. The Hall–Kier alpha value is -2.16. The van der Waals surface area contributed by atoms with Gasteiger partial charge in [-0.05, 0) is 18.2 Å². The monoisotopic (exact) mass is 244 g/mol. The van der Waals surface area contributed by atoms with Crippen molar-refractivity contribution in [2.24, 2.45) is 0 Å². The Balaban J connectivity index is 2.97. The number of phenolic OH excluding ortho intramolecular Hbond substituents is 1. The van der Waals surface area contributed by atoms with Crippen molar-refractivity contribution in [3.63, 3.8) is 0 Å². The predicted molar refractivity (Wildman–Crippen MR) is 52.2 cm³/mol. The Morgan fingerprint density at radius 2 is 2.00 bits per heavy atom. The van der Waals surface area contributed by atoms with E-state index >= 15 is 0 Å². The summed E-state index contributed by atoms with van der Waals surface area (Å²) in [7, 11) is 0. The van der Waals surface area contributed by atoms with Crippen LogP contribution in [0.2, 0.25) is 0 Å². The van der Waals surface area contributed by atoms with Crippen LogP contribution >= 0.6 is 0 Å². The third-order valence-electron chi connectivity index (χ3n) is 1.79. The third-order valence-corrected chi connectivity index (χ3v) is 1.79. The maximum absolute atomic E-state index is 12.2. The molecule has 3 nitrogen and oxygen atoms in total. The standard InChI is InChI=1S/C11H7F3O3/c12-11(13,14)8-5-4-7(9(15)6-8)2-1-3-10(16)17/h4-6,15H,3H2,(H,16,17). The number of hydrogen-bond acceptors (Lipinski definition) is 2. The number of rotatable bonds is 1. The first-order valence-corrected chi connectivity index (χ1v) is 4.41. The van der Waals surface area contributed by atoms with Crippen molar-refractivity contribution in [2.45, 2.75) is 12.6 Å². The van der Waals surface area contributed by atoms with Crippen molar-refractivity contribution in [1.82, 2.24) is 0 Å². The fraction of sp³-hybridized carbons (Fsp3) is 0.182. The van der Waals surface area contributed by atoms with Crippen LogP contribution in [0.15, 0.2) is 18.2 Å². The van der Waals surface area contributed by atoms with E-state index in [1.807, 2.05) is 0 Å². The third kappa shape index (κ3) is 3.72. The Labute approximate surface area is 94.5 Å². The smallest absolute Gasteiger partial charge is 0.416 e. The van der Waals surface area contributed by atoms with Crippen LogP contribution in [0, 0.1) is 11.8 Å². The van der Waals surface area contributed by atoms with Crippen molar-refractivity contribution >= 4 is 5.97 Å². The van der Waals surface area contributed by atoms with Gasteiger partial charge in [0, 0.05) is 0 Å². The summed E-state index contributed by atoms with van der Waals surface area (Å²) < 4.78 is 36.7. The molecule has 0 spiro atoms. The van der Waals surface area contributed by atoms with E-state index in [0.717, 1.165) is 12.1 Å². The molecule has 0 aliphatic carbocycles. The largest absolute Gasteiger partial charge is 0.507 e. The van der Waals surface area contributed by atoms with Crippen molar-refractivity contribution < 1.29 is 28.2 Å². The molecule has 0 fully saturated rings. The second-order valence-electron chi connectivity index (χ2n) is 3.10. The second-order valence-corrected chi connectivity index (χ2v) is 3.10. The van der Waals surface area contributed by atoms with Crippen LogP contribution < -0.4 is 0 Å². The number of carbonyl (C=O) groups is 1. The van der Waals surface area contributed by atoms with E-state index < -0.39 is 29.9 Å². The lowest BCUT2D eigenvalue weighted by Gasteiger charge is -2.07. The fourth-order valence-electron chi connectivity index (χ4n) is 1.03. The molecule has 0 aliphatic heterocycles. The molecule has 0 saturated carbocycles. The summed E-state index contributed by atoms with van der Waals surface area (Å²) in [6.07, 6.45) is -4.98. The van der Waals surface area contributed by atoms with Gasteiger partial charge in [-0.3, -0.25) is 4.79 Å². The molecule has 1 aromatic carbocycles. The van der Waals surface area contributed by atoms with E-state index in [-0.39, 0.29) is 5.56 Å². The molecule has 6 heteroatoms. The van der Waals surface area contributed by atoms with E-state index in [1.165, 1.54) is 0 Å². The van der Waals surface area contributed by atoms with Gasteiger partial charge in [0.25, 0.3) is 0 Å². The van der Waals surface area contributed by atoms with E-state index in [0.29, 0.717) is 6.07 Å². The van der Waals surface area contributed by atoms with Gasteiger partial charge in [0.15, 0.2) is 0 Å². The molecule has 0 heterocycles. The number of benzene rings is 1. The highest BCUT2D eigenvalue weighted by Gasteiger charge is 2.30. The van der Waals surface area contributed by atoms with Gasteiger partial charge in [0.1, 0.15) is 12.2 Å². The Kier molecular flexibility index (Phi) is 3.63. The van der Waals surface area contributed by atoms with Gasteiger partial charge < -0.3 is 10.2 Å². The maximum atomic E-state index is 12.2. The number of carboxylic acids is 1. The molecule has 0 amide bonds. The number of aliphatic carboxylic acids is 1. The van der Waals surface area contributed by atoms with E-state index in [9.17, 15) is 23.1 Å². The molecular formula is C11H7F3O3. The van der Waals surface area contributed by atoms with Gasteiger partial charge in [-0.1, -0.05) is 11.8 Å². The first kappa shape index (κ1) is 12.9. The molecule has 0 unspecified atom stereocenters. The highest BCUT2D eigenvalue weighted by molar-refractivity contribution is 5.70. The normalized spacial score (nSPS) is 10.5. The zero-order valence-electron chi connectivity index (χ0n) is 8.38.